The number of hydrogen-bond donors (Lipinski definition) is 1. The third-order valence-corrected chi connectivity index (χ3v) is 5.48. The Bertz CT molecular complexity index is 681. The van der Waals surface area contributed by atoms with E-state index in [0.717, 1.165) is 24.7 Å². The third-order valence-electron chi connectivity index (χ3n) is 5.48. The summed E-state index contributed by atoms with van der Waals surface area (Å²) in [6.45, 7) is 7.61. The summed E-state index contributed by atoms with van der Waals surface area (Å²) in [7, 11) is 0. The molecule has 25 heavy (non-hydrogen) atoms. The quantitative estimate of drug-likeness (QED) is 0.837. The van der Waals surface area contributed by atoms with E-state index in [9.17, 15) is 14.7 Å². The molecule has 1 aliphatic heterocycles. The Balaban J connectivity index is 1.75. The molecule has 6 nitrogen and oxygen atoms in total. The number of aliphatic hydroxyl groups excluding tert-OH is 1. The Hall–Kier alpha value is -1.66. The molecule has 2 heterocycles. The molecule has 2 aliphatic rings. The van der Waals surface area contributed by atoms with Crippen molar-refractivity contribution < 1.29 is 9.90 Å². The second kappa shape index (κ2) is 7.70. The molecule has 1 amide bonds. The predicted octanol–water partition coefficient (Wildman–Crippen LogP) is 1.10. The van der Waals surface area contributed by atoms with Gasteiger partial charge < -0.3 is 14.6 Å². The van der Waals surface area contributed by atoms with Crippen molar-refractivity contribution in [3.63, 3.8) is 0 Å². The maximum absolute atomic E-state index is 12.9. The smallest absolute Gasteiger partial charge is 0.263 e. The monoisotopic (exact) mass is 347 g/mol. The van der Waals surface area contributed by atoms with Crippen molar-refractivity contribution in [3.8, 4) is 0 Å². The Labute approximate surface area is 149 Å². The maximum atomic E-state index is 12.9. The van der Waals surface area contributed by atoms with Gasteiger partial charge in [-0.05, 0) is 51.2 Å². The molecule has 1 aliphatic carbocycles. The molecule has 1 saturated carbocycles. The molecule has 1 aromatic heterocycles. The van der Waals surface area contributed by atoms with Crippen molar-refractivity contribution in [2.45, 2.75) is 45.7 Å². The van der Waals surface area contributed by atoms with Crippen LogP contribution in [0.1, 0.15) is 42.2 Å². The van der Waals surface area contributed by atoms with Crippen LogP contribution in [-0.2, 0) is 6.54 Å². The zero-order valence-corrected chi connectivity index (χ0v) is 15.3. The molecular formula is C19H29N3O3. The van der Waals surface area contributed by atoms with E-state index in [0.29, 0.717) is 26.1 Å². The molecule has 1 saturated heterocycles. The molecule has 1 N–H and O–H groups in total. The summed E-state index contributed by atoms with van der Waals surface area (Å²) in [5.74, 6) is 0.610. The minimum Gasteiger partial charge on any atom is -0.396 e. The number of aromatic nitrogens is 1. The van der Waals surface area contributed by atoms with Crippen molar-refractivity contribution in [3.05, 3.63) is 33.7 Å². The highest BCUT2D eigenvalue weighted by Gasteiger charge is 2.34. The minimum absolute atomic E-state index is 0.126. The first-order valence-electron chi connectivity index (χ1n) is 9.39. The number of piperazine rings is 1. The van der Waals surface area contributed by atoms with Crippen LogP contribution in [-0.4, -0.2) is 64.2 Å². The van der Waals surface area contributed by atoms with E-state index in [1.165, 1.54) is 12.8 Å². The molecule has 1 atom stereocenters. The summed E-state index contributed by atoms with van der Waals surface area (Å²) < 4.78 is 1.64. The first-order valence-corrected chi connectivity index (χ1v) is 9.39. The van der Waals surface area contributed by atoms with Crippen molar-refractivity contribution in [2.75, 3.05) is 32.8 Å². The number of hydrogen-bond acceptors (Lipinski definition) is 4. The van der Waals surface area contributed by atoms with Gasteiger partial charge in [-0.25, -0.2) is 0 Å². The van der Waals surface area contributed by atoms with Crippen molar-refractivity contribution in [2.24, 2.45) is 5.92 Å². The van der Waals surface area contributed by atoms with Crippen LogP contribution in [0.5, 0.6) is 0 Å². The predicted molar refractivity (Wildman–Crippen MR) is 96.8 cm³/mol. The fourth-order valence-corrected chi connectivity index (χ4v) is 3.77. The molecule has 138 valence electrons. The van der Waals surface area contributed by atoms with E-state index >= 15 is 0 Å². The molecule has 1 aromatic rings. The summed E-state index contributed by atoms with van der Waals surface area (Å²) >= 11 is 0. The number of rotatable bonds is 6. The fraction of sp³-hybridized carbons (Fsp3) is 0.684. The van der Waals surface area contributed by atoms with Crippen LogP contribution in [0, 0.1) is 12.8 Å². The van der Waals surface area contributed by atoms with Crippen LogP contribution in [0.3, 0.4) is 0 Å². The Morgan fingerprint density at radius 2 is 2.04 bits per heavy atom. The Morgan fingerprint density at radius 1 is 1.28 bits per heavy atom. The van der Waals surface area contributed by atoms with Gasteiger partial charge in [0.05, 0.1) is 0 Å². The molecule has 0 radical (unpaired) electrons. The first-order chi connectivity index (χ1) is 12.0. The van der Waals surface area contributed by atoms with Crippen LogP contribution in [0.15, 0.2) is 16.9 Å². The van der Waals surface area contributed by atoms with Crippen molar-refractivity contribution >= 4 is 5.91 Å². The van der Waals surface area contributed by atoms with Crippen molar-refractivity contribution in [1.29, 1.82) is 0 Å². The number of carbonyl (C=O) groups excluding carboxylic acids is 1. The van der Waals surface area contributed by atoms with E-state index in [1.807, 2.05) is 19.9 Å². The van der Waals surface area contributed by atoms with Gasteiger partial charge in [-0.15, -0.1) is 0 Å². The number of carbonyl (C=O) groups is 1. The molecule has 0 spiro atoms. The first kappa shape index (κ1) is 18.1. The van der Waals surface area contributed by atoms with Crippen LogP contribution < -0.4 is 5.56 Å². The highest BCUT2D eigenvalue weighted by Crippen LogP contribution is 2.31. The normalized spacial score (nSPS) is 21.6. The SMILES string of the molecule is CCn1c(C)ccc(C(=O)N2CCN(CC3CC3)[C@@H](CCO)C2)c1=O. The highest BCUT2D eigenvalue weighted by atomic mass is 16.3. The average molecular weight is 347 g/mol. The summed E-state index contributed by atoms with van der Waals surface area (Å²) in [6.07, 6.45) is 3.26. The molecule has 6 heteroatoms. The lowest BCUT2D eigenvalue weighted by molar-refractivity contribution is 0.0405. The van der Waals surface area contributed by atoms with Gasteiger partial charge in [0, 0.05) is 51.1 Å². The standard InChI is InChI=1S/C19H29N3O3/c1-3-22-14(2)4-7-17(19(22)25)18(24)21-10-9-20(12-15-5-6-15)16(13-21)8-11-23/h4,7,15-16,23H,3,5-6,8-13H2,1-2H3/t16-/m0/s1. The second-order valence-electron chi connectivity index (χ2n) is 7.29. The average Bonchev–Trinajstić information content (AvgIpc) is 3.41. The molecule has 0 aromatic carbocycles. The zero-order valence-electron chi connectivity index (χ0n) is 15.3. The summed E-state index contributed by atoms with van der Waals surface area (Å²) in [4.78, 5) is 29.7. The van der Waals surface area contributed by atoms with E-state index in [1.54, 1.807) is 15.5 Å². The van der Waals surface area contributed by atoms with Crippen LogP contribution in [0.4, 0.5) is 0 Å². The van der Waals surface area contributed by atoms with Gasteiger partial charge in [0.25, 0.3) is 11.5 Å². The van der Waals surface area contributed by atoms with E-state index in [-0.39, 0.29) is 29.7 Å². The summed E-state index contributed by atoms with van der Waals surface area (Å²) in [5, 5.41) is 9.39. The largest absolute Gasteiger partial charge is 0.396 e. The van der Waals surface area contributed by atoms with Crippen LogP contribution in [0.25, 0.3) is 0 Å². The third kappa shape index (κ3) is 3.96. The van der Waals surface area contributed by atoms with Gasteiger partial charge in [-0.3, -0.25) is 14.5 Å². The Kier molecular flexibility index (Phi) is 5.59. The zero-order chi connectivity index (χ0) is 18.0. The van der Waals surface area contributed by atoms with E-state index < -0.39 is 0 Å². The van der Waals surface area contributed by atoms with Gasteiger partial charge in [-0.1, -0.05) is 0 Å². The number of aryl methyl sites for hydroxylation is 1. The van der Waals surface area contributed by atoms with E-state index in [2.05, 4.69) is 4.90 Å². The maximum Gasteiger partial charge on any atom is 0.263 e. The van der Waals surface area contributed by atoms with E-state index in [4.69, 9.17) is 0 Å². The Morgan fingerprint density at radius 3 is 2.68 bits per heavy atom. The molecule has 0 unspecified atom stereocenters. The second-order valence-corrected chi connectivity index (χ2v) is 7.29. The molecule has 2 fully saturated rings. The van der Waals surface area contributed by atoms with Gasteiger partial charge >= 0.3 is 0 Å². The van der Waals surface area contributed by atoms with Crippen LogP contribution in [0.2, 0.25) is 0 Å². The number of amides is 1. The summed E-state index contributed by atoms with van der Waals surface area (Å²) in [6, 6.07) is 3.68. The minimum atomic E-state index is -0.202. The molecular weight excluding hydrogens is 318 g/mol. The highest BCUT2D eigenvalue weighted by molar-refractivity contribution is 5.94. The number of aliphatic hydroxyl groups is 1. The number of nitrogens with zero attached hydrogens (tertiary/aromatic N) is 3. The molecule has 0 bridgehead atoms. The lowest BCUT2D eigenvalue weighted by Gasteiger charge is -2.41. The topological polar surface area (TPSA) is 65.8 Å². The fourth-order valence-electron chi connectivity index (χ4n) is 3.77. The van der Waals surface area contributed by atoms with Gasteiger partial charge in [0.15, 0.2) is 0 Å². The lowest BCUT2D eigenvalue weighted by atomic mass is 10.1. The van der Waals surface area contributed by atoms with Crippen molar-refractivity contribution in [1.82, 2.24) is 14.4 Å². The van der Waals surface area contributed by atoms with Crippen LogP contribution >= 0.6 is 0 Å². The lowest BCUT2D eigenvalue weighted by Crippen LogP contribution is -2.56. The van der Waals surface area contributed by atoms with Gasteiger partial charge in [0.1, 0.15) is 5.56 Å². The molecule has 3 rings (SSSR count). The number of pyridine rings is 1. The van der Waals surface area contributed by atoms with Gasteiger partial charge in [-0.2, -0.15) is 0 Å². The van der Waals surface area contributed by atoms with Gasteiger partial charge in [0.2, 0.25) is 0 Å². The summed E-state index contributed by atoms with van der Waals surface area (Å²) in [5.41, 5.74) is 0.925.